The van der Waals surface area contributed by atoms with Gasteiger partial charge in [-0.05, 0) is 42.0 Å². The number of fused-ring (bicyclic) bond motifs is 7. The van der Waals surface area contributed by atoms with Gasteiger partial charge in [-0.15, -0.1) is 0 Å². The van der Waals surface area contributed by atoms with Gasteiger partial charge in [0.25, 0.3) is 0 Å². The average Bonchev–Trinajstić information content (AvgIpc) is 3.72. The van der Waals surface area contributed by atoms with Crippen molar-refractivity contribution >= 4 is 33.3 Å². The van der Waals surface area contributed by atoms with Gasteiger partial charge in [0.15, 0.2) is 5.82 Å². The Balaban J connectivity index is 1.20. The van der Waals surface area contributed by atoms with Crippen LogP contribution in [0.15, 0.2) is 176 Å². The van der Waals surface area contributed by atoms with Crippen LogP contribution in [0.3, 0.4) is 0 Å². The third kappa shape index (κ3) is 4.51. The summed E-state index contributed by atoms with van der Waals surface area (Å²) in [6, 6.07) is 53.0. The number of aromatic nitrogens is 4. The van der Waals surface area contributed by atoms with E-state index in [0.717, 1.165) is 39.7 Å². The monoisotopic (exact) mass is 641 g/mol. The minimum Gasteiger partial charge on any atom is -0.316 e. The number of rotatable bonds is 5. The van der Waals surface area contributed by atoms with E-state index in [1.165, 1.54) is 33.1 Å². The highest BCUT2D eigenvalue weighted by Gasteiger charge is 2.40. The maximum Gasteiger partial charge on any atom is 0.179 e. The van der Waals surface area contributed by atoms with E-state index in [0.29, 0.717) is 5.82 Å². The molecule has 2 atom stereocenters. The van der Waals surface area contributed by atoms with Gasteiger partial charge in [0.1, 0.15) is 11.5 Å². The minimum atomic E-state index is 0.0713. The number of para-hydroxylation sites is 2. The van der Waals surface area contributed by atoms with E-state index in [9.17, 15) is 0 Å². The number of nitrogens with zero attached hydrogens (tertiary/aromatic N) is 5. The molecule has 0 N–H and O–H groups in total. The van der Waals surface area contributed by atoms with Crippen LogP contribution in [0.4, 0.5) is 11.5 Å². The van der Waals surface area contributed by atoms with Crippen molar-refractivity contribution in [2.45, 2.75) is 12.0 Å². The van der Waals surface area contributed by atoms with Crippen molar-refractivity contribution in [3.63, 3.8) is 0 Å². The lowest BCUT2D eigenvalue weighted by atomic mass is 9.91. The summed E-state index contributed by atoms with van der Waals surface area (Å²) in [5, 5.41) is 2.46. The van der Waals surface area contributed by atoms with Crippen LogP contribution in [0.2, 0.25) is 0 Å². The topological polar surface area (TPSA) is 46.8 Å². The van der Waals surface area contributed by atoms with Crippen LogP contribution < -0.4 is 4.90 Å². The molecular weight excluding hydrogens is 611 g/mol. The van der Waals surface area contributed by atoms with E-state index >= 15 is 0 Å². The highest BCUT2D eigenvalue weighted by Crippen LogP contribution is 2.52. The second-order valence-corrected chi connectivity index (χ2v) is 12.8. The fraction of sp³-hybridized carbons (Fsp3) is 0.0444. The maximum atomic E-state index is 5.38. The highest BCUT2D eigenvalue weighted by atomic mass is 15.3. The smallest absolute Gasteiger partial charge is 0.179 e. The molecule has 0 saturated carbocycles. The van der Waals surface area contributed by atoms with Crippen molar-refractivity contribution in [2.24, 2.45) is 0 Å². The van der Waals surface area contributed by atoms with Gasteiger partial charge < -0.3 is 9.47 Å². The van der Waals surface area contributed by atoms with Crippen LogP contribution in [-0.2, 0) is 0 Å². The van der Waals surface area contributed by atoms with E-state index < -0.39 is 0 Å². The van der Waals surface area contributed by atoms with E-state index in [2.05, 4.69) is 143 Å². The first kappa shape index (κ1) is 28.4. The minimum absolute atomic E-state index is 0.0713. The van der Waals surface area contributed by atoms with Gasteiger partial charge in [0.05, 0.1) is 34.2 Å². The van der Waals surface area contributed by atoms with Crippen molar-refractivity contribution < 1.29 is 0 Å². The summed E-state index contributed by atoms with van der Waals surface area (Å²) in [4.78, 5) is 18.0. The molecule has 5 heteroatoms. The van der Waals surface area contributed by atoms with E-state index in [-0.39, 0.29) is 12.0 Å². The Morgan fingerprint density at radius 3 is 1.90 bits per heavy atom. The average molecular weight is 642 g/mol. The molecule has 0 spiro atoms. The van der Waals surface area contributed by atoms with Crippen LogP contribution in [0, 0.1) is 0 Å². The molecule has 50 heavy (non-hydrogen) atoms. The predicted octanol–water partition coefficient (Wildman–Crippen LogP) is 10.7. The van der Waals surface area contributed by atoms with Crippen LogP contribution >= 0.6 is 0 Å². The Morgan fingerprint density at radius 1 is 0.500 bits per heavy atom. The molecule has 236 valence electrons. The molecule has 5 aromatic carbocycles. The summed E-state index contributed by atoms with van der Waals surface area (Å²) in [5.41, 5.74) is 10.5. The first-order valence-corrected chi connectivity index (χ1v) is 17.0. The van der Waals surface area contributed by atoms with Gasteiger partial charge in [0, 0.05) is 33.5 Å². The Kier molecular flexibility index (Phi) is 6.56. The number of anilines is 2. The Morgan fingerprint density at radius 2 is 1.16 bits per heavy atom. The molecule has 0 fully saturated rings. The number of hydrogen-bond donors (Lipinski definition) is 0. The van der Waals surface area contributed by atoms with Crippen molar-refractivity contribution in [1.29, 1.82) is 0 Å². The standard InChI is InChI=1S/C45H31N5/c1-4-15-30(16-5-1)38-29-39(31-17-6-2-7-18-31)48-45(47-38)37-23-14-26-42(46-37)50-41-25-13-11-22-34(41)36-28-27-35-33-21-10-12-24-40(33)49(43(35)44(36)50)32-19-8-3-9-20-32/h1-29,34,41H. The molecule has 1 aliphatic heterocycles. The SMILES string of the molecule is C1=CC2c3ccc4c5ccccc5n(-c5ccccc5)c4c3N(c3cccc(-c4nc(-c5ccccc5)cc(-c5ccccc5)n4)n3)C2C=C1. The summed E-state index contributed by atoms with van der Waals surface area (Å²) in [7, 11) is 0. The van der Waals surface area contributed by atoms with Gasteiger partial charge in [-0.1, -0.05) is 140 Å². The van der Waals surface area contributed by atoms with Crippen molar-refractivity contribution in [3.05, 3.63) is 182 Å². The molecule has 4 heterocycles. The Bertz CT molecular complexity index is 2550. The largest absolute Gasteiger partial charge is 0.316 e. The van der Waals surface area contributed by atoms with Gasteiger partial charge in [-0.3, -0.25) is 0 Å². The summed E-state index contributed by atoms with van der Waals surface area (Å²) in [5.74, 6) is 1.65. The van der Waals surface area contributed by atoms with E-state index in [1.807, 2.05) is 42.5 Å². The van der Waals surface area contributed by atoms with Gasteiger partial charge in [-0.2, -0.15) is 0 Å². The molecular formula is C45H31N5. The molecule has 8 aromatic rings. The van der Waals surface area contributed by atoms with Crippen molar-refractivity contribution in [1.82, 2.24) is 19.5 Å². The zero-order chi connectivity index (χ0) is 33.0. The molecule has 10 rings (SSSR count). The van der Waals surface area contributed by atoms with Gasteiger partial charge >= 0.3 is 0 Å². The maximum absolute atomic E-state index is 5.38. The van der Waals surface area contributed by atoms with Crippen molar-refractivity contribution in [3.8, 4) is 39.7 Å². The first-order valence-electron chi connectivity index (χ1n) is 17.0. The molecule has 0 amide bonds. The van der Waals surface area contributed by atoms with Gasteiger partial charge in [0.2, 0.25) is 0 Å². The molecule has 0 saturated heterocycles. The molecule has 0 bridgehead atoms. The summed E-state index contributed by atoms with van der Waals surface area (Å²) >= 11 is 0. The van der Waals surface area contributed by atoms with Crippen LogP contribution in [-0.4, -0.2) is 25.6 Å². The third-order valence-corrected chi connectivity index (χ3v) is 9.94. The van der Waals surface area contributed by atoms with Crippen LogP contribution in [0.1, 0.15) is 11.5 Å². The van der Waals surface area contributed by atoms with Crippen LogP contribution in [0.5, 0.6) is 0 Å². The molecule has 2 aliphatic rings. The summed E-state index contributed by atoms with van der Waals surface area (Å²) < 4.78 is 2.42. The summed E-state index contributed by atoms with van der Waals surface area (Å²) in [6.45, 7) is 0. The molecule has 1 aliphatic carbocycles. The normalized spacial score (nSPS) is 16.2. The molecule has 2 unspecified atom stereocenters. The van der Waals surface area contributed by atoms with Gasteiger partial charge in [-0.25, -0.2) is 15.0 Å². The zero-order valence-electron chi connectivity index (χ0n) is 27.1. The molecule has 5 nitrogen and oxygen atoms in total. The third-order valence-electron chi connectivity index (χ3n) is 9.94. The van der Waals surface area contributed by atoms with E-state index in [4.69, 9.17) is 15.0 Å². The fourth-order valence-electron chi connectivity index (χ4n) is 7.73. The number of benzene rings is 5. The number of hydrogen-bond acceptors (Lipinski definition) is 4. The summed E-state index contributed by atoms with van der Waals surface area (Å²) in [6.07, 6.45) is 8.96. The molecule has 0 radical (unpaired) electrons. The lowest BCUT2D eigenvalue weighted by molar-refractivity contribution is 0.738. The fourth-order valence-corrected chi connectivity index (χ4v) is 7.73. The van der Waals surface area contributed by atoms with Crippen molar-refractivity contribution in [2.75, 3.05) is 4.90 Å². The molecule has 3 aromatic heterocycles. The Hall–Kier alpha value is -6.59. The predicted molar refractivity (Wildman–Crippen MR) is 204 cm³/mol. The number of pyridine rings is 1. The quantitative estimate of drug-likeness (QED) is 0.188. The number of allylic oxidation sites excluding steroid dienone is 2. The Labute approximate surface area is 290 Å². The first-order chi connectivity index (χ1) is 24.8. The zero-order valence-corrected chi connectivity index (χ0v) is 27.1. The van der Waals surface area contributed by atoms with E-state index in [1.54, 1.807) is 0 Å². The van der Waals surface area contributed by atoms with Crippen LogP contribution in [0.25, 0.3) is 61.5 Å². The second kappa shape index (κ2) is 11.5. The highest BCUT2D eigenvalue weighted by molar-refractivity contribution is 6.15. The second-order valence-electron chi connectivity index (χ2n) is 12.8. The lowest BCUT2D eigenvalue weighted by Gasteiger charge is -2.28. The lowest BCUT2D eigenvalue weighted by Crippen LogP contribution is -2.29.